The van der Waals surface area contributed by atoms with Crippen LogP contribution in [0.15, 0.2) is 122 Å². The van der Waals surface area contributed by atoms with E-state index in [0.717, 1.165) is 21.8 Å². The molecule has 0 saturated heterocycles. The van der Waals surface area contributed by atoms with Crippen molar-refractivity contribution in [2.75, 3.05) is 19.6 Å². The molecule has 514 valence electrons. The Morgan fingerprint density at radius 2 is 0.649 bits per heavy atom. The molecule has 4 heterocycles. The summed E-state index contributed by atoms with van der Waals surface area (Å²) in [5, 5.41) is 63.6. The Morgan fingerprint density at radius 3 is 0.938 bits per heavy atom. The minimum atomic E-state index is -1.51. The summed E-state index contributed by atoms with van der Waals surface area (Å²) in [6, 6.07) is 18.3. The molecule has 0 aliphatic heterocycles. The second kappa shape index (κ2) is 34.1. The molecule has 0 radical (unpaired) electrons. The number of carboxylic acid groups (broad SMARTS) is 1. The Labute approximate surface area is 558 Å². The van der Waals surface area contributed by atoms with Crippen LogP contribution in [0, 0.1) is 22.1 Å². The van der Waals surface area contributed by atoms with Gasteiger partial charge in [0.25, 0.3) is 0 Å². The number of amides is 7. The lowest BCUT2D eigenvalue weighted by Crippen LogP contribution is -2.61. The van der Waals surface area contributed by atoms with E-state index in [0.29, 0.717) is 50.5 Å². The molecule has 0 aliphatic carbocycles. The molecule has 4 aromatic carbocycles. The van der Waals surface area contributed by atoms with Gasteiger partial charge in [0.05, 0.1) is 6.04 Å². The van der Waals surface area contributed by atoms with Crippen molar-refractivity contribution in [2.24, 2.45) is 28.9 Å². The number of carboxylic acids is 1. The first-order valence-electron chi connectivity index (χ1n) is 32.1. The van der Waals surface area contributed by atoms with Gasteiger partial charge in [-0.1, -0.05) is 86.6 Å². The van der Waals surface area contributed by atoms with Crippen LogP contribution in [0.25, 0.3) is 43.6 Å². The number of hydrogen-bond acceptors (Lipinski definition) is 12. The maximum Gasteiger partial charge on any atom is 0.326 e. The maximum atomic E-state index is 15.6. The number of guanidine groups is 3. The first-order valence-corrected chi connectivity index (χ1v) is 32.1. The zero-order valence-corrected chi connectivity index (χ0v) is 54.0. The highest BCUT2D eigenvalue weighted by molar-refractivity contribution is 5.99. The largest absolute Gasteiger partial charge is 0.480 e. The maximum absolute atomic E-state index is 15.6. The molecule has 0 spiro atoms. The number of H-pyrrole nitrogens is 4. The number of carbonyl (C=O) groups is 8. The van der Waals surface area contributed by atoms with Crippen molar-refractivity contribution in [1.82, 2.24) is 73.1 Å². The molecule has 0 saturated carbocycles. The van der Waals surface area contributed by atoms with E-state index >= 15 is 19.2 Å². The molecule has 0 fully saturated rings. The number of carbonyl (C=O) groups excluding carboxylic acids is 7. The van der Waals surface area contributed by atoms with Gasteiger partial charge >= 0.3 is 5.97 Å². The summed E-state index contributed by atoms with van der Waals surface area (Å²) >= 11 is 0. The van der Waals surface area contributed by atoms with E-state index in [-0.39, 0.29) is 95.3 Å². The van der Waals surface area contributed by atoms with E-state index in [1.807, 2.05) is 91.0 Å². The first-order chi connectivity index (χ1) is 46.5. The van der Waals surface area contributed by atoms with Crippen LogP contribution in [0.4, 0.5) is 0 Å². The molecular weight excluding hydrogens is 1240 g/mol. The number of fused-ring (bicyclic) bond motifs is 4. The number of para-hydroxylation sites is 4. The zero-order chi connectivity index (χ0) is 69.7. The fraction of sp³-hybridized carbons (Fsp3) is 0.358. The SMILES string of the molecule is CC(C)[C@H](NC(=O)[C@H](Cc1c[nH]c2ccccc12)NC(=O)[C@H](Cc1c[nH]c2ccccc12)NC(=O)[C@H](Cc1c[nH]c2ccccc12)NC(=O)[C@H](Cc1c[nH]c2ccccc12)NC(=O)[C@H](CCCNC(=N)N)NC(=O)[C@H](CCCNC(=N)N)NC(=O)[C@@H](N)CCCNC(=N)N)C(=O)O. The summed E-state index contributed by atoms with van der Waals surface area (Å²) in [5.41, 5.74) is 28.1. The molecule has 8 atom stereocenters. The fourth-order valence-corrected chi connectivity index (χ4v) is 11.6. The van der Waals surface area contributed by atoms with Gasteiger partial charge in [-0.3, -0.25) is 49.8 Å². The van der Waals surface area contributed by atoms with Crippen molar-refractivity contribution in [2.45, 2.75) is 126 Å². The highest BCUT2D eigenvalue weighted by Gasteiger charge is 2.37. The fourth-order valence-electron chi connectivity index (χ4n) is 11.6. The Kier molecular flexibility index (Phi) is 25.1. The average Bonchev–Trinajstić information content (AvgIpc) is 1.75. The number of aliphatic carboxylic acids is 1. The van der Waals surface area contributed by atoms with Gasteiger partial charge < -0.3 is 101 Å². The molecule has 8 aromatic rings. The van der Waals surface area contributed by atoms with E-state index in [2.05, 4.69) is 73.1 Å². The summed E-state index contributed by atoms with van der Waals surface area (Å²) in [6.45, 7) is 3.76. The smallest absolute Gasteiger partial charge is 0.326 e. The molecule has 30 heteroatoms. The van der Waals surface area contributed by atoms with Crippen LogP contribution in [-0.2, 0) is 64.0 Å². The highest BCUT2D eigenvalue weighted by Crippen LogP contribution is 2.25. The molecule has 26 N–H and O–H groups in total. The third-order valence-corrected chi connectivity index (χ3v) is 16.7. The van der Waals surface area contributed by atoms with Crippen LogP contribution in [0.5, 0.6) is 0 Å². The van der Waals surface area contributed by atoms with Gasteiger partial charge in [0.2, 0.25) is 41.4 Å². The molecular formula is C67H87N21O9. The minimum Gasteiger partial charge on any atom is -0.480 e. The van der Waals surface area contributed by atoms with E-state index < -0.39 is 102 Å². The summed E-state index contributed by atoms with van der Waals surface area (Å²) in [5.74, 6) is -8.42. The molecule has 30 nitrogen and oxygen atoms in total. The highest BCUT2D eigenvalue weighted by atomic mass is 16.4. The third-order valence-electron chi connectivity index (χ3n) is 16.7. The van der Waals surface area contributed by atoms with Crippen molar-refractivity contribution >= 4 is 109 Å². The van der Waals surface area contributed by atoms with Crippen LogP contribution in [0.2, 0.25) is 0 Å². The van der Waals surface area contributed by atoms with E-state index in [1.165, 1.54) is 0 Å². The van der Waals surface area contributed by atoms with Gasteiger partial charge in [-0.05, 0) is 91.0 Å². The monoisotopic (exact) mass is 1330 g/mol. The predicted molar refractivity (Wildman–Crippen MR) is 369 cm³/mol. The van der Waals surface area contributed by atoms with Crippen LogP contribution in [0.1, 0.15) is 74.6 Å². The average molecular weight is 1330 g/mol. The van der Waals surface area contributed by atoms with Crippen molar-refractivity contribution in [3.8, 4) is 0 Å². The molecule has 4 aromatic heterocycles. The van der Waals surface area contributed by atoms with Crippen LogP contribution >= 0.6 is 0 Å². The standard InChI is InChI=1S/C67H87N21O9/c1-36(2)56(64(96)97)88-63(95)55(31-40-35-81-49-22-10-6-17-44(40)49)87-62(94)54(30-39-34-80-48-21-9-5-16-43(39)48)86-61(93)53(29-38-33-79-47-20-8-4-15-42(38)47)85-60(92)52(28-37-32-78-46-19-7-3-14-41(37)46)84-59(91)51(24-13-27-77-67(73)74)83-58(90)50(23-12-26-76-66(71)72)82-57(89)45(68)18-11-25-75-65(69)70/h3-10,14-17,19-22,32-36,45,50-56,78-81H,11-13,18,23-31,68H2,1-2H3,(H,82,89)(H,83,90)(H,84,91)(H,85,92)(H,86,93)(H,87,94)(H,88,95)(H,96,97)(H4,69,70,75)(H4,71,72,76)(H4,73,74,77)/t45-,50-,51-,52-,53-,54-,55-,56-/m0/s1. The third kappa shape index (κ3) is 20.1. The summed E-state index contributed by atoms with van der Waals surface area (Å²) in [4.78, 5) is 130. The van der Waals surface area contributed by atoms with Crippen LogP contribution in [-0.4, -0.2) is 158 Å². The van der Waals surface area contributed by atoms with E-state index in [4.69, 9.17) is 39.2 Å². The molecule has 97 heavy (non-hydrogen) atoms. The Morgan fingerprint density at radius 1 is 0.392 bits per heavy atom. The number of aromatic amines is 4. The Balaban J connectivity index is 1.13. The van der Waals surface area contributed by atoms with Gasteiger partial charge in [0, 0.05) is 114 Å². The lowest BCUT2D eigenvalue weighted by molar-refractivity contribution is -0.143. The molecule has 0 unspecified atom stereocenters. The quantitative estimate of drug-likeness (QED) is 0.0149. The number of nitrogens with two attached hydrogens (primary N) is 4. The van der Waals surface area contributed by atoms with Crippen LogP contribution in [0.3, 0.4) is 0 Å². The number of benzene rings is 4. The molecule has 0 aliphatic rings. The Bertz CT molecular complexity index is 4120. The summed E-state index contributed by atoms with van der Waals surface area (Å²) in [6.07, 6.45) is 6.92. The lowest BCUT2D eigenvalue weighted by Gasteiger charge is -2.28. The van der Waals surface area contributed by atoms with Gasteiger partial charge in [0.1, 0.15) is 42.3 Å². The van der Waals surface area contributed by atoms with Gasteiger partial charge in [-0.25, -0.2) is 4.79 Å². The normalized spacial score (nSPS) is 13.8. The van der Waals surface area contributed by atoms with E-state index in [1.54, 1.807) is 44.7 Å². The zero-order valence-electron chi connectivity index (χ0n) is 54.0. The predicted octanol–water partition coefficient (Wildman–Crippen LogP) is 1.13. The molecule has 7 amide bonds. The summed E-state index contributed by atoms with van der Waals surface area (Å²) < 4.78 is 0. The van der Waals surface area contributed by atoms with Gasteiger partial charge in [0.15, 0.2) is 17.9 Å². The van der Waals surface area contributed by atoms with Crippen molar-refractivity contribution in [3.63, 3.8) is 0 Å². The number of hydrogen-bond donors (Lipinski definition) is 22. The van der Waals surface area contributed by atoms with Crippen molar-refractivity contribution in [1.29, 1.82) is 16.2 Å². The van der Waals surface area contributed by atoms with Gasteiger partial charge in [-0.15, -0.1) is 0 Å². The van der Waals surface area contributed by atoms with Gasteiger partial charge in [-0.2, -0.15) is 0 Å². The second-order valence-corrected chi connectivity index (χ2v) is 24.2. The minimum absolute atomic E-state index is 0.0150. The molecule has 8 rings (SSSR count). The van der Waals surface area contributed by atoms with Crippen LogP contribution < -0.4 is 76.1 Å². The molecule has 0 bridgehead atoms. The number of rotatable bonds is 36. The van der Waals surface area contributed by atoms with E-state index in [9.17, 15) is 24.3 Å². The van der Waals surface area contributed by atoms with Crippen molar-refractivity contribution < 1.29 is 43.5 Å². The number of nitrogens with one attached hydrogen (secondary N) is 17. The summed E-state index contributed by atoms with van der Waals surface area (Å²) in [7, 11) is 0. The topological polar surface area (TPSA) is 516 Å². The Hall–Kier alpha value is -11.4. The second-order valence-electron chi connectivity index (χ2n) is 24.2. The number of aromatic nitrogens is 4. The first kappa shape index (κ1) is 71.4. The lowest BCUT2D eigenvalue weighted by atomic mass is 9.99. The van der Waals surface area contributed by atoms with Crippen molar-refractivity contribution in [3.05, 3.63) is 144 Å².